The third kappa shape index (κ3) is 1.71. The number of hydrogen-bond acceptors (Lipinski definition) is 2. The lowest BCUT2D eigenvalue weighted by atomic mass is 9.99. The lowest BCUT2D eigenvalue weighted by Crippen LogP contribution is -2.37. The van der Waals surface area contributed by atoms with Gasteiger partial charge >= 0.3 is 0 Å². The molecule has 1 fully saturated rings. The summed E-state index contributed by atoms with van der Waals surface area (Å²) >= 11 is 0. The molecule has 0 atom stereocenters. The standard InChI is InChI=1S/C14H20N2/c15-10-14(7-8-14)11-16-9-3-5-12-4-1-2-6-13(12)16/h1-2,4,6H,3,5,7-11,15H2. The Morgan fingerprint density at radius 2 is 2.06 bits per heavy atom. The molecule has 0 aromatic heterocycles. The molecule has 0 saturated heterocycles. The first-order valence-corrected chi connectivity index (χ1v) is 6.36. The number of nitrogens with zero attached hydrogens (tertiary/aromatic N) is 1. The van der Waals surface area contributed by atoms with E-state index in [4.69, 9.17) is 5.73 Å². The van der Waals surface area contributed by atoms with Crippen molar-refractivity contribution >= 4 is 5.69 Å². The Labute approximate surface area is 97.4 Å². The molecule has 1 aliphatic carbocycles. The van der Waals surface area contributed by atoms with Gasteiger partial charge in [0.25, 0.3) is 0 Å². The first-order chi connectivity index (χ1) is 7.83. The molecule has 0 radical (unpaired) electrons. The number of benzene rings is 1. The van der Waals surface area contributed by atoms with Gasteiger partial charge in [-0.1, -0.05) is 18.2 Å². The molecule has 1 aromatic carbocycles. The topological polar surface area (TPSA) is 29.3 Å². The Balaban J connectivity index is 1.82. The highest BCUT2D eigenvalue weighted by Gasteiger charge is 2.43. The van der Waals surface area contributed by atoms with Gasteiger partial charge in [-0.3, -0.25) is 0 Å². The second-order valence-electron chi connectivity index (χ2n) is 5.36. The van der Waals surface area contributed by atoms with E-state index in [9.17, 15) is 0 Å². The van der Waals surface area contributed by atoms with Gasteiger partial charge in [0.2, 0.25) is 0 Å². The smallest absolute Gasteiger partial charge is 0.0398 e. The van der Waals surface area contributed by atoms with Gasteiger partial charge in [0, 0.05) is 24.2 Å². The maximum absolute atomic E-state index is 5.88. The summed E-state index contributed by atoms with van der Waals surface area (Å²) in [6.07, 6.45) is 5.17. The molecular weight excluding hydrogens is 196 g/mol. The fourth-order valence-electron chi connectivity index (χ4n) is 2.78. The zero-order valence-corrected chi connectivity index (χ0v) is 9.78. The van der Waals surface area contributed by atoms with Gasteiger partial charge in [-0.05, 0) is 43.9 Å². The van der Waals surface area contributed by atoms with Crippen molar-refractivity contribution in [3.8, 4) is 0 Å². The second-order valence-corrected chi connectivity index (χ2v) is 5.36. The fourth-order valence-corrected chi connectivity index (χ4v) is 2.78. The molecule has 0 amide bonds. The normalized spacial score (nSPS) is 21.7. The molecule has 1 saturated carbocycles. The van der Waals surface area contributed by atoms with Crippen molar-refractivity contribution in [3.05, 3.63) is 29.8 Å². The Kier molecular flexibility index (Phi) is 2.40. The van der Waals surface area contributed by atoms with Gasteiger partial charge in [0.1, 0.15) is 0 Å². The Morgan fingerprint density at radius 3 is 2.81 bits per heavy atom. The lowest BCUT2D eigenvalue weighted by Gasteiger charge is -2.34. The average Bonchev–Trinajstić information content (AvgIpc) is 3.10. The van der Waals surface area contributed by atoms with Crippen molar-refractivity contribution in [2.75, 3.05) is 24.5 Å². The summed E-state index contributed by atoms with van der Waals surface area (Å²) in [5.74, 6) is 0. The van der Waals surface area contributed by atoms with Crippen LogP contribution >= 0.6 is 0 Å². The third-order valence-corrected chi connectivity index (χ3v) is 4.12. The summed E-state index contributed by atoms with van der Waals surface area (Å²) < 4.78 is 0. The van der Waals surface area contributed by atoms with Gasteiger partial charge in [-0.25, -0.2) is 0 Å². The fraction of sp³-hybridized carbons (Fsp3) is 0.571. The van der Waals surface area contributed by atoms with Crippen LogP contribution < -0.4 is 10.6 Å². The molecule has 0 spiro atoms. The van der Waals surface area contributed by atoms with Crippen LogP contribution in [0.25, 0.3) is 0 Å². The van der Waals surface area contributed by atoms with Gasteiger partial charge in [-0.2, -0.15) is 0 Å². The lowest BCUT2D eigenvalue weighted by molar-refractivity contribution is 0.498. The molecule has 86 valence electrons. The van der Waals surface area contributed by atoms with Crippen LogP contribution in [0.3, 0.4) is 0 Å². The van der Waals surface area contributed by atoms with Gasteiger partial charge in [0.15, 0.2) is 0 Å². The average molecular weight is 216 g/mol. The van der Waals surface area contributed by atoms with E-state index in [-0.39, 0.29) is 0 Å². The molecule has 2 aliphatic rings. The first-order valence-electron chi connectivity index (χ1n) is 6.36. The van der Waals surface area contributed by atoms with Crippen molar-refractivity contribution in [2.24, 2.45) is 11.1 Å². The van der Waals surface area contributed by atoms with E-state index in [0.29, 0.717) is 5.41 Å². The highest BCUT2D eigenvalue weighted by Crippen LogP contribution is 2.46. The maximum Gasteiger partial charge on any atom is 0.0398 e. The van der Waals surface area contributed by atoms with E-state index in [2.05, 4.69) is 29.2 Å². The predicted octanol–water partition coefficient (Wildman–Crippen LogP) is 2.18. The minimum absolute atomic E-state index is 0.449. The van der Waals surface area contributed by atoms with Gasteiger partial charge in [0.05, 0.1) is 0 Å². The molecule has 2 nitrogen and oxygen atoms in total. The van der Waals surface area contributed by atoms with Crippen LogP contribution in [0.4, 0.5) is 5.69 Å². The quantitative estimate of drug-likeness (QED) is 0.839. The molecule has 3 rings (SSSR count). The summed E-state index contributed by atoms with van der Waals surface area (Å²) in [6, 6.07) is 8.84. The van der Waals surface area contributed by atoms with Gasteiger partial charge < -0.3 is 10.6 Å². The Bertz CT molecular complexity index is 382. The highest BCUT2D eigenvalue weighted by molar-refractivity contribution is 5.55. The monoisotopic (exact) mass is 216 g/mol. The van der Waals surface area contributed by atoms with E-state index in [0.717, 1.165) is 6.54 Å². The molecule has 2 N–H and O–H groups in total. The van der Waals surface area contributed by atoms with Crippen LogP contribution in [0.2, 0.25) is 0 Å². The Morgan fingerprint density at radius 1 is 1.25 bits per heavy atom. The molecule has 1 aromatic rings. The summed E-state index contributed by atoms with van der Waals surface area (Å²) in [4.78, 5) is 2.55. The van der Waals surface area contributed by atoms with E-state index in [1.165, 1.54) is 50.0 Å². The van der Waals surface area contributed by atoms with Crippen molar-refractivity contribution in [3.63, 3.8) is 0 Å². The number of fused-ring (bicyclic) bond motifs is 1. The summed E-state index contributed by atoms with van der Waals surface area (Å²) in [7, 11) is 0. The zero-order valence-electron chi connectivity index (χ0n) is 9.78. The van der Waals surface area contributed by atoms with E-state index in [1.807, 2.05) is 0 Å². The van der Waals surface area contributed by atoms with Gasteiger partial charge in [-0.15, -0.1) is 0 Å². The van der Waals surface area contributed by atoms with Crippen LogP contribution in [0.5, 0.6) is 0 Å². The molecule has 16 heavy (non-hydrogen) atoms. The van der Waals surface area contributed by atoms with E-state index >= 15 is 0 Å². The van der Waals surface area contributed by atoms with E-state index in [1.54, 1.807) is 0 Å². The Hall–Kier alpha value is -1.02. The predicted molar refractivity (Wildman–Crippen MR) is 67.7 cm³/mol. The summed E-state index contributed by atoms with van der Waals surface area (Å²) in [5.41, 5.74) is 9.30. The van der Waals surface area contributed by atoms with Crippen LogP contribution in [-0.4, -0.2) is 19.6 Å². The second kappa shape index (κ2) is 3.77. The highest BCUT2D eigenvalue weighted by atomic mass is 15.2. The van der Waals surface area contributed by atoms with Crippen molar-refractivity contribution in [1.82, 2.24) is 0 Å². The molecule has 1 heterocycles. The van der Waals surface area contributed by atoms with Crippen molar-refractivity contribution < 1.29 is 0 Å². The minimum atomic E-state index is 0.449. The summed E-state index contributed by atoms with van der Waals surface area (Å²) in [6.45, 7) is 3.23. The van der Waals surface area contributed by atoms with Crippen LogP contribution in [-0.2, 0) is 6.42 Å². The zero-order chi connectivity index (χ0) is 11.0. The first kappa shape index (κ1) is 10.2. The number of hydrogen-bond donors (Lipinski definition) is 1. The molecule has 0 unspecified atom stereocenters. The SMILES string of the molecule is NCC1(CN2CCCc3ccccc32)CC1. The minimum Gasteiger partial charge on any atom is -0.371 e. The number of aryl methyl sites for hydroxylation is 1. The third-order valence-electron chi connectivity index (χ3n) is 4.12. The largest absolute Gasteiger partial charge is 0.371 e. The van der Waals surface area contributed by atoms with E-state index < -0.39 is 0 Å². The number of anilines is 1. The van der Waals surface area contributed by atoms with Crippen LogP contribution in [0.1, 0.15) is 24.8 Å². The van der Waals surface area contributed by atoms with Crippen molar-refractivity contribution in [1.29, 1.82) is 0 Å². The van der Waals surface area contributed by atoms with Crippen LogP contribution in [0.15, 0.2) is 24.3 Å². The van der Waals surface area contributed by atoms with Crippen molar-refractivity contribution in [2.45, 2.75) is 25.7 Å². The number of rotatable bonds is 3. The number of nitrogens with two attached hydrogens (primary N) is 1. The molecular formula is C14H20N2. The number of para-hydroxylation sites is 1. The molecule has 2 heteroatoms. The summed E-state index contributed by atoms with van der Waals surface area (Å²) in [5, 5.41) is 0. The molecule has 1 aliphatic heterocycles. The maximum atomic E-state index is 5.88. The van der Waals surface area contributed by atoms with Crippen LogP contribution in [0, 0.1) is 5.41 Å². The molecule has 0 bridgehead atoms.